The first-order chi connectivity index (χ1) is 36.5. The number of nitrogens with zero attached hydrogens (tertiary/aromatic N) is 6. The fourth-order valence-corrected chi connectivity index (χ4v) is 15.0. The van der Waals surface area contributed by atoms with E-state index >= 15 is 0 Å². The molecule has 12 nitrogen and oxygen atoms in total. The molecule has 3 aromatic heterocycles. The Morgan fingerprint density at radius 2 is 1.01 bits per heavy atom. The molecular formula is C60H78N6O6S2. The van der Waals surface area contributed by atoms with Crippen LogP contribution in [0.25, 0.3) is 32.6 Å². The van der Waals surface area contributed by atoms with Gasteiger partial charge in [-0.05, 0) is 185 Å². The zero-order valence-electron chi connectivity index (χ0n) is 43.7. The highest BCUT2D eigenvalue weighted by Crippen LogP contribution is 2.48. The van der Waals surface area contributed by atoms with Crippen molar-refractivity contribution in [3.05, 3.63) is 96.3 Å². The van der Waals surface area contributed by atoms with E-state index in [9.17, 15) is 0 Å². The van der Waals surface area contributed by atoms with E-state index in [-0.39, 0.29) is 24.3 Å². The number of ether oxygens (including phenoxy) is 4. The topological polar surface area (TPSA) is 135 Å². The standard InChI is InChI=1S/C60H78N6O6S2/c1-69-45-15-17-53-51(37-45)47(19-25-61-53)57(55-35-41-21-27-65(55)39-43(41)23-33-73-31-11-5-3-9-29-67)71-59-49-13-7-8-14-50(49)60(64-63-59)72-58(48-20-26-62-54-18-16-46(70-2)38-52(48)54)56-36-42-22-28-66(56)40-44(42)24-34-74-32-12-6-4-10-30-68/h7-8,13-20,25-26,37-38,41-44,55-58,67-68H,3-6,9-12,21-24,27-36,39-40H2,1-2H3/t41-,42-,43-,44-,55-,56-,57+,58+/m0/s1. The van der Waals surface area contributed by atoms with Crippen LogP contribution in [0.1, 0.15) is 113 Å². The Morgan fingerprint density at radius 1 is 0.554 bits per heavy atom. The first kappa shape index (κ1) is 53.0. The summed E-state index contributed by atoms with van der Waals surface area (Å²) in [6.07, 6.45) is 19.1. The number of pyridine rings is 2. The second-order valence-corrected chi connectivity index (χ2v) is 23.7. The van der Waals surface area contributed by atoms with Crippen molar-refractivity contribution in [2.45, 2.75) is 114 Å². The van der Waals surface area contributed by atoms with Crippen molar-refractivity contribution in [1.82, 2.24) is 30.0 Å². The maximum absolute atomic E-state index is 9.16. The summed E-state index contributed by atoms with van der Waals surface area (Å²) in [5.74, 6) is 9.98. The van der Waals surface area contributed by atoms with Gasteiger partial charge in [0, 0.05) is 60.6 Å². The second-order valence-electron chi connectivity index (χ2n) is 21.3. The predicted octanol–water partition coefficient (Wildman–Crippen LogP) is 11.8. The summed E-state index contributed by atoms with van der Waals surface area (Å²) in [4.78, 5) is 15.0. The second kappa shape index (κ2) is 26.1. The molecule has 0 saturated carbocycles. The van der Waals surface area contributed by atoms with Gasteiger partial charge in [0.05, 0.1) is 48.1 Å². The average Bonchev–Trinajstić information content (AvgIpc) is 3.46. The molecular weight excluding hydrogens is 965 g/mol. The molecule has 10 atom stereocenters. The van der Waals surface area contributed by atoms with Crippen LogP contribution in [0.3, 0.4) is 0 Å². The van der Waals surface area contributed by atoms with Gasteiger partial charge in [0.15, 0.2) is 0 Å². The monoisotopic (exact) mass is 1040 g/mol. The molecule has 2 unspecified atom stereocenters. The van der Waals surface area contributed by atoms with E-state index in [1.807, 2.05) is 36.7 Å². The summed E-state index contributed by atoms with van der Waals surface area (Å²) in [7, 11) is 3.44. The largest absolute Gasteiger partial charge is 0.497 e. The number of unbranched alkanes of at least 4 members (excludes halogenated alkanes) is 6. The van der Waals surface area contributed by atoms with Gasteiger partial charge in [0.25, 0.3) is 0 Å². The van der Waals surface area contributed by atoms with Crippen LogP contribution in [0.2, 0.25) is 0 Å². The normalized spacial score (nSPS) is 24.1. The molecule has 2 N–H and O–H groups in total. The third-order valence-electron chi connectivity index (χ3n) is 16.9. The molecule has 6 aliphatic heterocycles. The smallest absolute Gasteiger partial charge is 0.242 e. The third kappa shape index (κ3) is 12.4. The molecule has 396 valence electrons. The molecule has 0 aliphatic carbocycles. The molecule has 0 spiro atoms. The van der Waals surface area contributed by atoms with Crippen LogP contribution < -0.4 is 18.9 Å². The van der Waals surface area contributed by atoms with E-state index in [0.717, 1.165) is 120 Å². The van der Waals surface area contributed by atoms with Crippen LogP contribution in [0.5, 0.6) is 23.3 Å². The number of aromatic nitrogens is 4. The van der Waals surface area contributed by atoms with Gasteiger partial charge < -0.3 is 29.2 Å². The van der Waals surface area contributed by atoms with Crippen molar-refractivity contribution in [3.63, 3.8) is 0 Å². The summed E-state index contributed by atoms with van der Waals surface area (Å²) in [5.41, 5.74) is 3.98. The lowest BCUT2D eigenvalue weighted by Crippen LogP contribution is -2.56. The van der Waals surface area contributed by atoms with Crippen LogP contribution in [0, 0.1) is 23.7 Å². The Morgan fingerprint density at radius 3 is 1.43 bits per heavy atom. The average molecular weight is 1040 g/mol. The number of rotatable bonds is 28. The van der Waals surface area contributed by atoms with Crippen molar-refractivity contribution in [1.29, 1.82) is 0 Å². The fourth-order valence-electron chi connectivity index (χ4n) is 12.9. The van der Waals surface area contributed by atoms with Crippen molar-refractivity contribution < 1.29 is 29.2 Å². The summed E-state index contributed by atoms with van der Waals surface area (Å²) < 4.78 is 26.5. The number of piperidine rings is 6. The zero-order chi connectivity index (χ0) is 50.6. The number of aliphatic hydroxyl groups excluding tert-OH is 2. The molecule has 6 aromatic rings. The number of methoxy groups -OCH3 is 2. The van der Waals surface area contributed by atoms with E-state index < -0.39 is 0 Å². The van der Waals surface area contributed by atoms with Gasteiger partial charge in [-0.2, -0.15) is 23.5 Å². The number of thioether (sulfide) groups is 2. The molecule has 0 radical (unpaired) electrons. The van der Waals surface area contributed by atoms with Gasteiger partial charge in [-0.3, -0.25) is 19.8 Å². The third-order valence-corrected chi connectivity index (χ3v) is 19.1. The molecule has 4 bridgehead atoms. The van der Waals surface area contributed by atoms with Gasteiger partial charge in [-0.25, -0.2) is 0 Å². The summed E-state index contributed by atoms with van der Waals surface area (Å²) >= 11 is 4.20. The summed E-state index contributed by atoms with van der Waals surface area (Å²) in [6.45, 7) is 4.85. The van der Waals surface area contributed by atoms with Crippen LogP contribution in [0.15, 0.2) is 85.2 Å². The van der Waals surface area contributed by atoms with Gasteiger partial charge in [-0.15, -0.1) is 10.2 Å². The van der Waals surface area contributed by atoms with Crippen LogP contribution >= 0.6 is 23.5 Å². The number of hydrogen-bond acceptors (Lipinski definition) is 14. The Labute approximate surface area is 447 Å². The quantitative estimate of drug-likeness (QED) is 0.0451. The first-order valence-corrected chi connectivity index (χ1v) is 30.1. The van der Waals surface area contributed by atoms with Crippen LogP contribution in [0.4, 0.5) is 0 Å². The van der Waals surface area contributed by atoms with Crippen molar-refractivity contribution in [2.24, 2.45) is 23.7 Å². The highest BCUT2D eigenvalue weighted by molar-refractivity contribution is 7.99. The SMILES string of the molecule is COc1ccc2nccc([C@@H](Oc3nnc(O[C@H](c4ccnc5ccc(OC)cc45)[C@@H]4C[C@@H]5CCN4C[C@@H]5CCSCCCCCCO)c4ccccc34)[C@@H]3C[C@@H]4CCN3C[C@@H]4CCSCCCCCCO)c2c1. The van der Waals surface area contributed by atoms with Crippen LogP contribution in [-0.4, -0.2) is 129 Å². The van der Waals surface area contributed by atoms with E-state index in [0.29, 0.717) is 48.6 Å². The Bertz CT molecular complexity index is 2570. The molecule has 14 heteroatoms. The molecule has 74 heavy (non-hydrogen) atoms. The lowest BCUT2D eigenvalue weighted by Gasteiger charge is -2.52. The van der Waals surface area contributed by atoms with Crippen molar-refractivity contribution in [3.8, 4) is 23.3 Å². The molecule has 3 aromatic carbocycles. The predicted molar refractivity (Wildman–Crippen MR) is 301 cm³/mol. The number of hydrogen-bond donors (Lipinski definition) is 2. The van der Waals surface area contributed by atoms with E-state index in [2.05, 4.69) is 81.9 Å². The van der Waals surface area contributed by atoms with E-state index in [1.165, 1.54) is 74.4 Å². The highest BCUT2D eigenvalue weighted by Gasteiger charge is 2.46. The van der Waals surface area contributed by atoms with Gasteiger partial charge >= 0.3 is 0 Å². The minimum absolute atomic E-state index is 0.138. The van der Waals surface area contributed by atoms with Gasteiger partial charge in [0.2, 0.25) is 11.8 Å². The lowest BCUT2D eigenvalue weighted by atomic mass is 9.72. The summed E-state index contributed by atoms with van der Waals surface area (Å²) in [5, 5.41) is 32.2. The Kier molecular flexibility index (Phi) is 18.7. The number of aliphatic hydroxyl groups is 2. The molecule has 9 heterocycles. The zero-order valence-corrected chi connectivity index (χ0v) is 45.3. The Balaban J connectivity index is 0.931. The minimum atomic E-state index is -0.339. The maximum Gasteiger partial charge on any atom is 0.242 e. The minimum Gasteiger partial charge on any atom is -0.497 e. The molecule has 0 amide bonds. The summed E-state index contributed by atoms with van der Waals surface area (Å²) in [6, 6.07) is 25.1. The highest BCUT2D eigenvalue weighted by atomic mass is 32.2. The molecule has 12 rings (SSSR count). The number of benzene rings is 3. The molecule has 6 fully saturated rings. The van der Waals surface area contributed by atoms with Crippen LogP contribution in [-0.2, 0) is 0 Å². The van der Waals surface area contributed by atoms with Crippen molar-refractivity contribution >= 4 is 56.1 Å². The van der Waals surface area contributed by atoms with Gasteiger partial charge in [0.1, 0.15) is 23.7 Å². The van der Waals surface area contributed by atoms with E-state index in [4.69, 9.17) is 49.3 Å². The maximum atomic E-state index is 9.16. The van der Waals surface area contributed by atoms with Gasteiger partial charge in [-0.1, -0.05) is 37.8 Å². The van der Waals surface area contributed by atoms with Crippen molar-refractivity contribution in [2.75, 3.05) is 76.6 Å². The lowest BCUT2D eigenvalue weighted by molar-refractivity contribution is -0.0502. The fraction of sp³-hybridized carbons (Fsp3) is 0.567. The first-order valence-electron chi connectivity index (χ1n) is 27.8. The Hall–Kier alpha value is -4.44. The molecule has 6 saturated heterocycles. The number of fused-ring (bicyclic) bond motifs is 9. The van der Waals surface area contributed by atoms with E-state index in [1.54, 1.807) is 14.2 Å². The molecule has 6 aliphatic rings.